The zero-order valence-corrected chi connectivity index (χ0v) is 16.7. The number of nitrogens with one attached hydrogen (secondary N) is 2. The Balaban J connectivity index is 1.52. The summed E-state index contributed by atoms with van der Waals surface area (Å²) >= 11 is 0. The maximum absolute atomic E-state index is 12.1. The molecule has 5 heteroatoms. The summed E-state index contributed by atoms with van der Waals surface area (Å²) in [4.78, 5) is 12.1. The monoisotopic (exact) mass is 387 g/mol. The SMILES string of the molecule is Cc1ccc(NCC(=O)N/N=C\c2ccccc2OCc2ccccc2)c(C)c1. The number of rotatable bonds is 8. The van der Waals surface area contributed by atoms with Crippen LogP contribution >= 0.6 is 0 Å². The van der Waals surface area contributed by atoms with Crippen LogP contribution in [-0.2, 0) is 11.4 Å². The first-order chi connectivity index (χ1) is 14.1. The number of benzene rings is 3. The van der Waals surface area contributed by atoms with E-state index < -0.39 is 0 Å². The fourth-order valence-electron chi connectivity index (χ4n) is 2.85. The lowest BCUT2D eigenvalue weighted by molar-refractivity contribution is -0.119. The molecule has 2 N–H and O–H groups in total. The molecule has 0 aliphatic carbocycles. The van der Waals surface area contributed by atoms with Gasteiger partial charge >= 0.3 is 0 Å². The minimum absolute atomic E-state index is 0.146. The number of hydrogen-bond donors (Lipinski definition) is 2. The van der Waals surface area contributed by atoms with Crippen LogP contribution < -0.4 is 15.5 Å². The molecule has 0 radical (unpaired) electrons. The molecule has 0 aliphatic rings. The molecule has 148 valence electrons. The Hall–Kier alpha value is -3.60. The van der Waals surface area contributed by atoms with Crippen molar-refractivity contribution in [1.29, 1.82) is 0 Å². The fraction of sp³-hybridized carbons (Fsp3) is 0.167. The van der Waals surface area contributed by atoms with Gasteiger partial charge in [0.1, 0.15) is 12.4 Å². The molecule has 0 aliphatic heterocycles. The molecule has 0 unspecified atom stereocenters. The number of anilines is 1. The minimum Gasteiger partial charge on any atom is -0.488 e. The highest BCUT2D eigenvalue weighted by atomic mass is 16.5. The van der Waals surface area contributed by atoms with Crippen molar-refractivity contribution in [3.63, 3.8) is 0 Å². The molecule has 0 atom stereocenters. The zero-order chi connectivity index (χ0) is 20.5. The molecule has 3 aromatic carbocycles. The highest BCUT2D eigenvalue weighted by molar-refractivity contribution is 5.86. The highest BCUT2D eigenvalue weighted by Crippen LogP contribution is 2.18. The maximum atomic E-state index is 12.1. The first kappa shape index (κ1) is 20.1. The Bertz CT molecular complexity index is 984. The molecule has 0 spiro atoms. The van der Waals surface area contributed by atoms with E-state index in [2.05, 4.69) is 21.9 Å². The van der Waals surface area contributed by atoms with Crippen molar-refractivity contribution in [2.45, 2.75) is 20.5 Å². The van der Waals surface area contributed by atoms with Gasteiger partial charge in [0, 0.05) is 11.3 Å². The van der Waals surface area contributed by atoms with Gasteiger partial charge in [-0.05, 0) is 43.2 Å². The number of carbonyl (C=O) groups excluding carboxylic acids is 1. The highest BCUT2D eigenvalue weighted by Gasteiger charge is 2.04. The number of nitrogens with zero attached hydrogens (tertiary/aromatic N) is 1. The summed E-state index contributed by atoms with van der Waals surface area (Å²) in [5, 5.41) is 7.19. The molecule has 3 aromatic rings. The van der Waals surface area contributed by atoms with Gasteiger partial charge in [0.2, 0.25) is 0 Å². The van der Waals surface area contributed by atoms with Gasteiger partial charge in [0.15, 0.2) is 0 Å². The van der Waals surface area contributed by atoms with Crippen LogP contribution in [0.1, 0.15) is 22.3 Å². The van der Waals surface area contributed by atoms with Crippen molar-refractivity contribution < 1.29 is 9.53 Å². The van der Waals surface area contributed by atoms with E-state index in [1.54, 1.807) is 6.21 Å². The van der Waals surface area contributed by atoms with E-state index in [0.29, 0.717) is 12.4 Å². The second-order valence-electron chi connectivity index (χ2n) is 6.78. The Labute approximate surface area is 171 Å². The average Bonchev–Trinajstić information content (AvgIpc) is 2.73. The van der Waals surface area contributed by atoms with Crippen LogP contribution in [-0.4, -0.2) is 18.7 Å². The van der Waals surface area contributed by atoms with Crippen LogP contribution in [0, 0.1) is 13.8 Å². The van der Waals surface area contributed by atoms with Crippen molar-refractivity contribution in [3.8, 4) is 5.75 Å². The van der Waals surface area contributed by atoms with Gasteiger partial charge in [0.05, 0.1) is 12.8 Å². The maximum Gasteiger partial charge on any atom is 0.259 e. The van der Waals surface area contributed by atoms with Gasteiger partial charge in [0.25, 0.3) is 5.91 Å². The Morgan fingerprint density at radius 2 is 1.76 bits per heavy atom. The van der Waals surface area contributed by atoms with Crippen LogP contribution in [0.2, 0.25) is 0 Å². The van der Waals surface area contributed by atoms with Crippen LogP contribution in [0.25, 0.3) is 0 Å². The summed E-state index contributed by atoms with van der Waals surface area (Å²) < 4.78 is 5.89. The van der Waals surface area contributed by atoms with E-state index in [1.807, 2.05) is 80.6 Å². The van der Waals surface area contributed by atoms with Crippen molar-refractivity contribution in [1.82, 2.24) is 5.43 Å². The summed E-state index contributed by atoms with van der Waals surface area (Å²) in [7, 11) is 0. The molecule has 5 nitrogen and oxygen atoms in total. The lowest BCUT2D eigenvalue weighted by Gasteiger charge is -2.10. The molecular weight excluding hydrogens is 362 g/mol. The van der Waals surface area contributed by atoms with Crippen LogP contribution in [0.3, 0.4) is 0 Å². The third-order valence-electron chi connectivity index (χ3n) is 4.37. The van der Waals surface area contributed by atoms with Crippen molar-refractivity contribution in [3.05, 3.63) is 95.1 Å². The minimum atomic E-state index is -0.219. The van der Waals surface area contributed by atoms with Gasteiger partial charge in [-0.2, -0.15) is 5.10 Å². The summed E-state index contributed by atoms with van der Waals surface area (Å²) in [5.41, 5.74) is 7.66. The lowest BCUT2D eigenvalue weighted by atomic mass is 10.1. The second-order valence-corrected chi connectivity index (χ2v) is 6.78. The molecule has 0 saturated heterocycles. The number of para-hydroxylation sites is 1. The molecule has 29 heavy (non-hydrogen) atoms. The largest absolute Gasteiger partial charge is 0.488 e. The van der Waals surface area contributed by atoms with E-state index in [0.717, 1.165) is 22.4 Å². The number of aryl methyl sites for hydroxylation is 2. The van der Waals surface area contributed by atoms with Crippen molar-refractivity contribution in [2.24, 2.45) is 5.10 Å². The van der Waals surface area contributed by atoms with Crippen molar-refractivity contribution >= 4 is 17.8 Å². The Morgan fingerprint density at radius 3 is 2.55 bits per heavy atom. The number of ether oxygens (including phenoxy) is 1. The van der Waals surface area contributed by atoms with E-state index in [-0.39, 0.29) is 12.5 Å². The molecule has 3 rings (SSSR count). The van der Waals surface area contributed by atoms with Gasteiger partial charge in [-0.25, -0.2) is 5.43 Å². The molecule has 0 fully saturated rings. The summed E-state index contributed by atoms with van der Waals surface area (Å²) in [6.45, 7) is 4.67. The van der Waals surface area contributed by atoms with Crippen molar-refractivity contribution in [2.75, 3.05) is 11.9 Å². The Kier molecular flexibility index (Phi) is 7.00. The number of amides is 1. The summed E-state index contributed by atoms with van der Waals surface area (Å²) in [6.07, 6.45) is 1.59. The zero-order valence-electron chi connectivity index (χ0n) is 16.7. The smallest absolute Gasteiger partial charge is 0.259 e. The first-order valence-corrected chi connectivity index (χ1v) is 9.50. The van der Waals surface area contributed by atoms with Crippen LogP contribution in [0.4, 0.5) is 5.69 Å². The predicted molar refractivity (Wildman–Crippen MR) is 117 cm³/mol. The quantitative estimate of drug-likeness (QED) is 0.444. The molecule has 0 heterocycles. The standard InChI is InChI=1S/C24H25N3O2/c1-18-12-13-22(19(2)14-18)25-16-24(28)27-26-15-21-10-6-7-11-23(21)29-17-20-8-4-3-5-9-20/h3-15,25H,16-17H2,1-2H3,(H,27,28)/b26-15-. The summed E-state index contributed by atoms with van der Waals surface area (Å²) in [5.74, 6) is 0.492. The first-order valence-electron chi connectivity index (χ1n) is 9.50. The predicted octanol–water partition coefficient (Wildman–Crippen LogP) is 4.44. The van der Waals surface area contributed by atoms with Gasteiger partial charge in [-0.1, -0.05) is 60.2 Å². The van der Waals surface area contributed by atoms with E-state index >= 15 is 0 Å². The molecule has 0 saturated carbocycles. The van der Waals surface area contributed by atoms with Gasteiger partial charge in [-0.15, -0.1) is 0 Å². The van der Waals surface area contributed by atoms with E-state index in [1.165, 1.54) is 5.56 Å². The molecular formula is C24H25N3O2. The van der Waals surface area contributed by atoms with E-state index in [4.69, 9.17) is 4.74 Å². The third kappa shape index (κ3) is 6.21. The average molecular weight is 387 g/mol. The van der Waals surface area contributed by atoms with Gasteiger partial charge in [-0.3, -0.25) is 4.79 Å². The molecule has 0 aromatic heterocycles. The summed E-state index contributed by atoms with van der Waals surface area (Å²) in [6, 6.07) is 23.6. The normalized spacial score (nSPS) is 10.7. The Morgan fingerprint density at radius 1 is 1.00 bits per heavy atom. The van der Waals surface area contributed by atoms with E-state index in [9.17, 15) is 4.79 Å². The number of carbonyl (C=O) groups is 1. The number of hydrogen-bond acceptors (Lipinski definition) is 4. The number of hydrazone groups is 1. The lowest BCUT2D eigenvalue weighted by Crippen LogP contribution is -2.26. The van der Waals surface area contributed by atoms with Crippen LogP contribution in [0.15, 0.2) is 77.9 Å². The van der Waals surface area contributed by atoms with Gasteiger partial charge < -0.3 is 10.1 Å². The fourth-order valence-corrected chi connectivity index (χ4v) is 2.85. The molecule has 0 bridgehead atoms. The third-order valence-corrected chi connectivity index (χ3v) is 4.37. The second kappa shape index (κ2) is 10.1. The molecule has 1 amide bonds. The van der Waals surface area contributed by atoms with Crippen LogP contribution in [0.5, 0.6) is 5.75 Å². The topological polar surface area (TPSA) is 62.7 Å².